The predicted molar refractivity (Wildman–Crippen MR) is 110 cm³/mol. The first-order valence-electron chi connectivity index (χ1n) is 9.58. The van der Waals surface area contributed by atoms with Gasteiger partial charge in [-0.3, -0.25) is 0 Å². The monoisotopic (exact) mass is 335 g/mol. The van der Waals surface area contributed by atoms with Crippen molar-refractivity contribution in [2.45, 2.75) is 92.9 Å². The van der Waals surface area contributed by atoms with E-state index >= 15 is 0 Å². The first-order chi connectivity index (χ1) is 11.8. The van der Waals surface area contributed by atoms with E-state index in [0.29, 0.717) is 0 Å². The summed E-state index contributed by atoms with van der Waals surface area (Å²) in [5.41, 5.74) is -0.253. The Bertz CT molecular complexity index is 589. The molecule has 0 aliphatic carbocycles. The molecule has 0 fully saturated rings. The molecule has 0 aliphatic rings. The summed E-state index contributed by atoms with van der Waals surface area (Å²) in [7, 11) is 0. The van der Waals surface area contributed by atoms with Crippen LogP contribution in [0.25, 0.3) is 0 Å². The van der Waals surface area contributed by atoms with Crippen molar-refractivity contribution in [3.63, 3.8) is 0 Å². The molecule has 0 saturated heterocycles. The smallest absolute Gasteiger partial charge is 0.0974 e. The molecule has 135 valence electrons. The summed E-state index contributed by atoms with van der Waals surface area (Å²) in [5.74, 6) is 22.2. The quantitative estimate of drug-likeness (QED) is 0.355. The van der Waals surface area contributed by atoms with Gasteiger partial charge in [-0.15, -0.1) is 29.6 Å². The third-order valence-electron chi connectivity index (χ3n) is 4.48. The highest BCUT2D eigenvalue weighted by molar-refractivity contribution is 5.27. The van der Waals surface area contributed by atoms with E-state index < -0.39 is 5.41 Å². The largest absolute Gasteiger partial charge is 0.107 e. The summed E-state index contributed by atoms with van der Waals surface area (Å²) >= 11 is 0. The Morgan fingerprint density at radius 1 is 0.920 bits per heavy atom. The van der Waals surface area contributed by atoms with Crippen molar-refractivity contribution in [2.24, 2.45) is 16.7 Å². The molecule has 0 spiro atoms. The minimum Gasteiger partial charge on any atom is -0.107 e. The van der Waals surface area contributed by atoms with Gasteiger partial charge in [-0.25, -0.2) is 0 Å². The van der Waals surface area contributed by atoms with Crippen LogP contribution < -0.4 is 0 Å². The summed E-state index contributed by atoms with van der Waals surface area (Å²) in [6.07, 6.45) is 15.7. The van der Waals surface area contributed by atoms with Gasteiger partial charge >= 0.3 is 0 Å². The second kappa shape index (κ2) is 12.6. The Kier molecular flexibility index (Phi) is 11.7. The van der Waals surface area contributed by atoms with Crippen molar-refractivity contribution in [1.82, 2.24) is 0 Å². The SMILES string of the molecule is [C]#CC(C#CCCCC)(CCC#CC)C(CC#CC)CCC(C)(C)C. The lowest BCUT2D eigenvalue weighted by atomic mass is 9.68. The van der Waals surface area contributed by atoms with Gasteiger partial charge in [0.05, 0.1) is 5.41 Å². The van der Waals surface area contributed by atoms with Gasteiger partial charge in [0.25, 0.3) is 0 Å². The minimum atomic E-state index is -0.521. The normalized spacial score (nSPS) is 13.6. The van der Waals surface area contributed by atoms with E-state index in [1.54, 1.807) is 0 Å². The van der Waals surface area contributed by atoms with Crippen molar-refractivity contribution >= 4 is 0 Å². The fourth-order valence-electron chi connectivity index (χ4n) is 2.79. The molecule has 0 saturated carbocycles. The van der Waals surface area contributed by atoms with E-state index in [9.17, 15) is 0 Å². The molecule has 1 radical (unpaired) electrons. The van der Waals surface area contributed by atoms with E-state index in [1.807, 2.05) is 13.8 Å². The molecule has 0 aromatic carbocycles. The number of unbranched alkanes of at least 4 members (excludes halogenated alkanes) is 2. The lowest BCUT2D eigenvalue weighted by Crippen LogP contribution is -2.29. The van der Waals surface area contributed by atoms with E-state index in [2.05, 4.69) is 69.1 Å². The molecule has 0 N–H and O–H groups in total. The predicted octanol–water partition coefficient (Wildman–Crippen LogP) is 6.42. The van der Waals surface area contributed by atoms with Crippen LogP contribution in [0.2, 0.25) is 0 Å². The maximum atomic E-state index is 8.08. The molecule has 0 aliphatic heterocycles. The van der Waals surface area contributed by atoms with Crippen LogP contribution in [0.3, 0.4) is 0 Å². The standard InChI is InChI=1S/C25H35/c1-8-12-15-17-21-25(11-4,20-16-13-9-2)23(18-14-10-3)19-22-24(5,6)7/h23H,8,12,15-16,18-20,22H2,1-3,5-7H3. The van der Waals surface area contributed by atoms with E-state index in [0.717, 1.165) is 51.4 Å². The Balaban J connectivity index is 5.63. The van der Waals surface area contributed by atoms with E-state index in [1.165, 1.54) is 0 Å². The Morgan fingerprint density at radius 2 is 1.60 bits per heavy atom. The van der Waals surface area contributed by atoms with E-state index in [-0.39, 0.29) is 11.3 Å². The van der Waals surface area contributed by atoms with Gasteiger partial charge in [-0.2, -0.15) is 0 Å². The summed E-state index contributed by atoms with van der Waals surface area (Å²) in [4.78, 5) is 0. The molecule has 0 heteroatoms. The number of hydrogen-bond acceptors (Lipinski definition) is 0. The topological polar surface area (TPSA) is 0 Å². The lowest BCUT2D eigenvalue weighted by molar-refractivity contribution is 0.243. The summed E-state index contributed by atoms with van der Waals surface area (Å²) in [6.45, 7) is 12.7. The van der Waals surface area contributed by atoms with Gasteiger partial charge < -0.3 is 0 Å². The van der Waals surface area contributed by atoms with Crippen LogP contribution in [0, 0.1) is 64.6 Å². The summed E-state index contributed by atoms with van der Waals surface area (Å²) in [6, 6.07) is 0. The minimum absolute atomic E-state index is 0.240. The maximum absolute atomic E-state index is 8.08. The molecule has 0 aromatic rings. The molecule has 0 bridgehead atoms. The molecular formula is C25H35. The fraction of sp³-hybridized carbons (Fsp3) is 0.680. The average Bonchev–Trinajstić information content (AvgIpc) is 2.57. The van der Waals surface area contributed by atoms with Crippen molar-refractivity contribution in [3.8, 4) is 41.4 Å². The number of rotatable bonds is 8. The van der Waals surface area contributed by atoms with Crippen molar-refractivity contribution < 1.29 is 0 Å². The zero-order valence-corrected chi connectivity index (χ0v) is 17.2. The summed E-state index contributed by atoms with van der Waals surface area (Å²) in [5, 5.41) is 0. The summed E-state index contributed by atoms with van der Waals surface area (Å²) < 4.78 is 0. The van der Waals surface area contributed by atoms with Crippen LogP contribution in [-0.4, -0.2) is 0 Å². The van der Waals surface area contributed by atoms with Gasteiger partial charge in [-0.05, 0) is 57.3 Å². The van der Waals surface area contributed by atoms with Crippen LogP contribution in [0.1, 0.15) is 92.9 Å². The van der Waals surface area contributed by atoms with E-state index in [4.69, 9.17) is 6.42 Å². The molecule has 0 heterocycles. The van der Waals surface area contributed by atoms with Gasteiger partial charge in [-0.1, -0.05) is 46.0 Å². The highest BCUT2D eigenvalue weighted by atomic mass is 14.4. The lowest BCUT2D eigenvalue weighted by Gasteiger charge is -2.33. The van der Waals surface area contributed by atoms with Gasteiger partial charge in [0.15, 0.2) is 0 Å². The molecule has 0 rings (SSSR count). The highest BCUT2D eigenvalue weighted by Crippen LogP contribution is 2.39. The van der Waals surface area contributed by atoms with Crippen LogP contribution in [0.5, 0.6) is 0 Å². The molecular weight excluding hydrogens is 300 g/mol. The van der Waals surface area contributed by atoms with Crippen molar-refractivity contribution in [1.29, 1.82) is 0 Å². The second-order valence-electron chi connectivity index (χ2n) is 7.86. The van der Waals surface area contributed by atoms with Crippen LogP contribution in [-0.2, 0) is 0 Å². The fourth-order valence-corrected chi connectivity index (χ4v) is 2.79. The average molecular weight is 336 g/mol. The molecule has 2 atom stereocenters. The van der Waals surface area contributed by atoms with Gasteiger partial charge in [0.1, 0.15) is 0 Å². The Hall–Kier alpha value is -1.76. The Morgan fingerprint density at radius 3 is 2.12 bits per heavy atom. The van der Waals surface area contributed by atoms with Crippen molar-refractivity contribution in [2.75, 3.05) is 0 Å². The molecule has 2 unspecified atom stereocenters. The van der Waals surface area contributed by atoms with Gasteiger partial charge in [0.2, 0.25) is 0 Å². The zero-order chi connectivity index (χ0) is 19.2. The first-order valence-corrected chi connectivity index (χ1v) is 9.58. The highest BCUT2D eigenvalue weighted by Gasteiger charge is 2.35. The van der Waals surface area contributed by atoms with Crippen molar-refractivity contribution in [3.05, 3.63) is 6.42 Å². The third kappa shape index (κ3) is 9.96. The molecule has 0 aromatic heterocycles. The second-order valence-corrected chi connectivity index (χ2v) is 7.86. The third-order valence-corrected chi connectivity index (χ3v) is 4.48. The molecule has 0 nitrogen and oxygen atoms in total. The molecule has 0 amide bonds. The maximum Gasteiger partial charge on any atom is 0.0974 e. The first kappa shape index (κ1) is 23.2. The van der Waals surface area contributed by atoms with Crippen LogP contribution in [0.15, 0.2) is 0 Å². The zero-order valence-electron chi connectivity index (χ0n) is 17.2. The van der Waals surface area contributed by atoms with Crippen LogP contribution in [0.4, 0.5) is 0 Å². The molecule has 25 heavy (non-hydrogen) atoms. The number of hydrogen-bond donors (Lipinski definition) is 0. The Labute approximate surface area is 157 Å². The van der Waals surface area contributed by atoms with Crippen LogP contribution >= 0.6 is 0 Å². The van der Waals surface area contributed by atoms with Gasteiger partial charge in [0, 0.05) is 19.3 Å².